The number of aryl methyl sites for hydroxylation is 1. The Hall–Kier alpha value is -2.40. The summed E-state index contributed by atoms with van der Waals surface area (Å²) in [7, 11) is -1.87. The molecular weight excluding hydrogens is 422 g/mol. The van der Waals surface area contributed by atoms with Crippen LogP contribution < -0.4 is 4.31 Å². The van der Waals surface area contributed by atoms with Crippen LogP contribution in [0.3, 0.4) is 0 Å². The van der Waals surface area contributed by atoms with Crippen molar-refractivity contribution in [1.82, 2.24) is 9.78 Å². The maximum atomic E-state index is 12.3. The molecule has 29 heavy (non-hydrogen) atoms. The summed E-state index contributed by atoms with van der Waals surface area (Å²) >= 11 is 5.88. The molecule has 0 fully saturated rings. The quantitative estimate of drug-likeness (QED) is 0.659. The van der Waals surface area contributed by atoms with Crippen LogP contribution in [0.5, 0.6) is 0 Å². The molecule has 2 aromatic rings. The molecule has 0 bridgehead atoms. The molecule has 9 nitrogen and oxygen atoms in total. The molecule has 1 heterocycles. The van der Waals surface area contributed by atoms with Gasteiger partial charge in [0.25, 0.3) is 0 Å². The van der Waals surface area contributed by atoms with Gasteiger partial charge in [-0.3, -0.25) is 9.23 Å². The van der Waals surface area contributed by atoms with Crippen LogP contribution in [-0.4, -0.2) is 47.0 Å². The molecule has 156 valence electrons. The molecular formula is C18H20ClN3O6S. The predicted octanol–water partition coefficient (Wildman–Crippen LogP) is 3.29. The molecule has 0 saturated carbocycles. The molecule has 3 rings (SSSR count). The van der Waals surface area contributed by atoms with Crippen LogP contribution in [0.2, 0.25) is 5.02 Å². The number of methoxy groups -OCH3 is 1. The lowest BCUT2D eigenvalue weighted by molar-refractivity contribution is 0.0686. The minimum Gasteiger partial charge on any atom is -0.476 e. The van der Waals surface area contributed by atoms with E-state index in [2.05, 4.69) is 5.10 Å². The first-order valence-electron chi connectivity index (χ1n) is 8.69. The van der Waals surface area contributed by atoms with Crippen molar-refractivity contribution in [3.05, 3.63) is 46.8 Å². The maximum absolute atomic E-state index is 12.3. The highest BCUT2D eigenvalue weighted by Crippen LogP contribution is 2.40. The number of rotatable bonds is 6. The van der Waals surface area contributed by atoms with Gasteiger partial charge in [-0.1, -0.05) is 17.7 Å². The number of nitrogens with zero attached hydrogens (tertiary/aromatic N) is 3. The number of benzene rings is 1. The SMILES string of the molecule is COC1CC=C(c2nn(C)c(C(=O)O)c2N(c2ccc(Cl)cc2)S(=O)(=O)O)CC1. The second-order valence-corrected chi connectivity index (χ2v) is 8.25. The van der Waals surface area contributed by atoms with E-state index < -0.39 is 16.3 Å². The number of hydrogen-bond acceptors (Lipinski definition) is 5. The monoisotopic (exact) mass is 441 g/mol. The van der Waals surface area contributed by atoms with E-state index in [9.17, 15) is 22.9 Å². The highest BCUT2D eigenvalue weighted by atomic mass is 35.5. The Morgan fingerprint density at radius 3 is 2.48 bits per heavy atom. The Morgan fingerprint density at radius 1 is 1.34 bits per heavy atom. The first kappa shape index (κ1) is 21.3. The number of carboxylic acid groups (broad SMARTS) is 1. The second-order valence-electron chi connectivity index (χ2n) is 6.55. The number of halogens is 1. The van der Waals surface area contributed by atoms with E-state index in [1.165, 1.54) is 31.3 Å². The normalized spacial score (nSPS) is 17.1. The number of aromatic nitrogens is 2. The third-order valence-electron chi connectivity index (χ3n) is 4.72. The molecule has 0 radical (unpaired) electrons. The third kappa shape index (κ3) is 4.30. The van der Waals surface area contributed by atoms with Gasteiger partial charge in [-0.15, -0.1) is 0 Å². The average Bonchev–Trinajstić information content (AvgIpc) is 2.99. The fourth-order valence-corrected chi connectivity index (χ4v) is 4.27. The highest BCUT2D eigenvalue weighted by Gasteiger charge is 2.35. The van der Waals surface area contributed by atoms with Gasteiger partial charge in [-0.2, -0.15) is 13.5 Å². The van der Waals surface area contributed by atoms with Gasteiger partial charge in [0.2, 0.25) is 0 Å². The standard InChI is InChI=1S/C18H20ClN3O6S/c1-21-17(18(23)24)16(15(20-21)11-3-9-14(28-2)10-4-11)22(29(25,26)27)13-7-5-12(19)6-8-13/h3,5-8,14H,4,9-10H2,1-2H3,(H,23,24)(H,25,26,27). The van der Waals surface area contributed by atoms with E-state index in [1.54, 1.807) is 7.11 Å². The molecule has 1 aliphatic carbocycles. The van der Waals surface area contributed by atoms with Crippen molar-refractivity contribution in [3.8, 4) is 0 Å². The number of hydrogen-bond donors (Lipinski definition) is 2. The van der Waals surface area contributed by atoms with E-state index in [-0.39, 0.29) is 28.9 Å². The number of ether oxygens (including phenoxy) is 1. The number of aromatic carboxylic acids is 1. The fraction of sp³-hybridized carbons (Fsp3) is 0.333. The molecule has 0 spiro atoms. The smallest absolute Gasteiger partial charge is 0.364 e. The van der Waals surface area contributed by atoms with Crippen molar-refractivity contribution in [1.29, 1.82) is 0 Å². The molecule has 2 N–H and O–H groups in total. The lowest BCUT2D eigenvalue weighted by Crippen LogP contribution is -2.28. The summed E-state index contributed by atoms with van der Waals surface area (Å²) in [5.41, 5.74) is 0.278. The summed E-state index contributed by atoms with van der Waals surface area (Å²) < 4.78 is 41.6. The van der Waals surface area contributed by atoms with Crippen LogP contribution in [0.1, 0.15) is 35.4 Å². The minimum absolute atomic E-state index is 0.0267. The van der Waals surface area contributed by atoms with Crippen LogP contribution in [0.25, 0.3) is 5.57 Å². The molecule has 1 aliphatic rings. The van der Waals surface area contributed by atoms with Gasteiger partial charge in [-0.05, 0) is 49.1 Å². The summed E-state index contributed by atoms with van der Waals surface area (Å²) in [4.78, 5) is 11.9. The largest absolute Gasteiger partial charge is 0.476 e. The topological polar surface area (TPSA) is 122 Å². The lowest BCUT2D eigenvalue weighted by atomic mass is 9.94. The van der Waals surface area contributed by atoms with Crippen LogP contribution in [0.4, 0.5) is 11.4 Å². The predicted molar refractivity (Wildman–Crippen MR) is 108 cm³/mol. The number of carbonyl (C=O) groups is 1. The number of allylic oxidation sites excluding steroid dienone is 1. The molecule has 1 atom stereocenters. The minimum atomic E-state index is -4.88. The molecule has 0 amide bonds. The van der Waals surface area contributed by atoms with Gasteiger partial charge >= 0.3 is 16.3 Å². The number of carboxylic acids is 1. The number of anilines is 2. The second kappa shape index (κ2) is 8.15. The van der Waals surface area contributed by atoms with Crippen molar-refractivity contribution >= 4 is 44.8 Å². The van der Waals surface area contributed by atoms with Crippen molar-refractivity contribution in [2.45, 2.75) is 25.4 Å². The molecule has 11 heteroatoms. The van der Waals surface area contributed by atoms with Crippen molar-refractivity contribution in [2.75, 3.05) is 11.4 Å². The van der Waals surface area contributed by atoms with E-state index in [0.29, 0.717) is 34.2 Å². The maximum Gasteiger partial charge on any atom is 0.364 e. The Bertz CT molecular complexity index is 1060. The zero-order valence-electron chi connectivity index (χ0n) is 15.7. The van der Waals surface area contributed by atoms with Crippen LogP contribution in [0, 0.1) is 0 Å². The fourth-order valence-electron chi connectivity index (χ4n) is 3.35. The van der Waals surface area contributed by atoms with E-state index in [1.807, 2.05) is 6.08 Å². The summed E-state index contributed by atoms with van der Waals surface area (Å²) in [5, 5.41) is 14.3. The van der Waals surface area contributed by atoms with E-state index in [4.69, 9.17) is 16.3 Å². The molecule has 1 unspecified atom stereocenters. The summed E-state index contributed by atoms with van der Waals surface area (Å²) in [6.07, 6.45) is 3.64. The lowest BCUT2D eigenvalue weighted by Gasteiger charge is -2.24. The zero-order valence-corrected chi connectivity index (χ0v) is 17.3. The van der Waals surface area contributed by atoms with Crippen LogP contribution >= 0.6 is 11.6 Å². The Labute approximate surface area is 173 Å². The van der Waals surface area contributed by atoms with Crippen molar-refractivity contribution in [3.63, 3.8) is 0 Å². The first-order valence-corrected chi connectivity index (χ1v) is 10.5. The van der Waals surface area contributed by atoms with Gasteiger partial charge < -0.3 is 9.84 Å². The molecule has 0 saturated heterocycles. The zero-order chi connectivity index (χ0) is 21.3. The third-order valence-corrected chi connectivity index (χ3v) is 5.83. The average molecular weight is 442 g/mol. The first-order chi connectivity index (χ1) is 13.6. The highest BCUT2D eigenvalue weighted by molar-refractivity contribution is 7.87. The van der Waals surface area contributed by atoms with Crippen LogP contribution in [0.15, 0.2) is 30.3 Å². The van der Waals surface area contributed by atoms with E-state index >= 15 is 0 Å². The van der Waals surface area contributed by atoms with Crippen molar-refractivity contribution < 1.29 is 27.6 Å². The Morgan fingerprint density at radius 2 is 2.00 bits per heavy atom. The van der Waals surface area contributed by atoms with Gasteiger partial charge in [0.05, 0.1) is 11.8 Å². The molecule has 0 aliphatic heterocycles. The van der Waals surface area contributed by atoms with Gasteiger partial charge in [0.1, 0.15) is 11.4 Å². The molecule has 1 aromatic heterocycles. The van der Waals surface area contributed by atoms with E-state index in [0.717, 1.165) is 4.68 Å². The van der Waals surface area contributed by atoms with Crippen LogP contribution in [-0.2, 0) is 22.1 Å². The van der Waals surface area contributed by atoms with Gasteiger partial charge in [-0.25, -0.2) is 9.10 Å². The Kier molecular flexibility index (Phi) is 5.99. The Balaban J connectivity index is 2.26. The van der Waals surface area contributed by atoms with Gasteiger partial charge in [0.15, 0.2) is 5.69 Å². The molecule has 1 aromatic carbocycles. The van der Waals surface area contributed by atoms with Gasteiger partial charge in [0, 0.05) is 19.2 Å². The summed E-state index contributed by atoms with van der Waals surface area (Å²) in [5.74, 6) is -1.38. The summed E-state index contributed by atoms with van der Waals surface area (Å²) in [6.45, 7) is 0. The van der Waals surface area contributed by atoms with Crippen molar-refractivity contribution in [2.24, 2.45) is 7.05 Å². The summed E-state index contributed by atoms with van der Waals surface area (Å²) in [6, 6.07) is 5.62.